The Morgan fingerprint density at radius 3 is 2.93 bits per heavy atom. The van der Waals surface area contributed by atoms with Crippen LogP contribution >= 0.6 is 0 Å². The maximum atomic E-state index is 5.44. The predicted molar refractivity (Wildman–Crippen MR) is 103 cm³/mol. The van der Waals surface area contributed by atoms with E-state index in [1.807, 2.05) is 0 Å². The van der Waals surface area contributed by atoms with Gasteiger partial charge in [-0.1, -0.05) is 0 Å². The van der Waals surface area contributed by atoms with Crippen LogP contribution in [-0.4, -0.2) is 79.0 Å². The molecule has 3 aromatic rings. The first-order valence-electron chi connectivity index (χ1n) is 9.87. The molecule has 3 aromatic heterocycles. The molecule has 0 unspecified atom stereocenters. The maximum absolute atomic E-state index is 5.44. The molecule has 28 heavy (non-hydrogen) atoms. The van der Waals surface area contributed by atoms with Crippen molar-refractivity contribution in [1.29, 1.82) is 0 Å². The summed E-state index contributed by atoms with van der Waals surface area (Å²) in [5.74, 6) is 3.33. The Balaban J connectivity index is 1.34. The minimum absolute atomic E-state index is 0.331. The summed E-state index contributed by atoms with van der Waals surface area (Å²) in [5, 5.41) is 9.06. The van der Waals surface area contributed by atoms with Crippen LogP contribution in [0.5, 0.6) is 0 Å². The van der Waals surface area contributed by atoms with Gasteiger partial charge in [-0.2, -0.15) is 0 Å². The highest BCUT2D eigenvalue weighted by Crippen LogP contribution is 2.30. The molecular formula is C18H25N9O. The van der Waals surface area contributed by atoms with Crippen LogP contribution in [0.2, 0.25) is 0 Å². The van der Waals surface area contributed by atoms with Crippen molar-refractivity contribution in [3.63, 3.8) is 0 Å². The molecule has 5 rings (SSSR count). The number of aromatic nitrogens is 7. The van der Waals surface area contributed by atoms with Crippen LogP contribution in [0.1, 0.15) is 30.4 Å². The lowest BCUT2D eigenvalue weighted by molar-refractivity contribution is 0.0326. The molecule has 1 N–H and O–H groups in total. The number of imidazole rings is 1. The molecular weight excluding hydrogens is 358 g/mol. The number of fused-ring (bicyclic) bond motifs is 1. The Bertz CT molecular complexity index is 946. The summed E-state index contributed by atoms with van der Waals surface area (Å²) < 4.78 is 7.62. The number of aromatic amines is 1. The van der Waals surface area contributed by atoms with Gasteiger partial charge in [0, 0.05) is 39.1 Å². The van der Waals surface area contributed by atoms with E-state index < -0.39 is 0 Å². The van der Waals surface area contributed by atoms with E-state index in [1.165, 1.54) is 0 Å². The van der Waals surface area contributed by atoms with E-state index in [-0.39, 0.29) is 0 Å². The Kier molecular flexibility index (Phi) is 4.65. The zero-order valence-electron chi connectivity index (χ0n) is 16.1. The Morgan fingerprint density at radius 2 is 2.04 bits per heavy atom. The zero-order chi connectivity index (χ0) is 18.9. The molecule has 0 bridgehead atoms. The Labute approximate surface area is 163 Å². The third-order valence-corrected chi connectivity index (χ3v) is 5.76. The molecule has 0 aromatic carbocycles. The number of nitrogens with zero attached hydrogens (tertiary/aromatic N) is 8. The lowest BCUT2D eigenvalue weighted by atomic mass is 9.97. The fraction of sp³-hybridized carbons (Fsp3) is 0.611. The van der Waals surface area contributed by atoms with Gasteiger partial charge >= 0.3 is 0 Å². The molecule has 2 aliphatic rings. The number of hydrogen-bond acceptors (Lipinski definition) is 8. The van der Waals surface area contributed by atoms with E-state index in [0.29, 0.717) is 11.6 Å². The first-order chi connectivity index (χ1) is 13.8. The van der Waals surface area contributed by atoms with Gasteiger partial charge in [-0.3, -0.25) is 4.90 Å². The number of ether oxygens (including phenoxy) is 1. The van der Waals surface area contributed by atoms with Gasteiger partial charge in [0.1, 0.15) is 23.5 Å². The van der Waals surface area contributed by atoms with Crippen molar-refractivity contribution in [2.45, 2.75) is 25.3 Å². The van der Waals surface area contributed by atoms with Crippen LogP contribution < -0.4 is 4.90 Å². The fourth-order valence-electron chi connectivity index (χ4n) is 4.20. The number of H-pyrrole nitrogens is 1. The molecule has 10 nitrogen and oxygen atoms in total. The van der Waals surface area contributed by atoms with Gasteiger partial charge in [-0.15, -0.1) is 10.2 Å². The van der Waals surface area contributed by atoms with Crippen LogP contribution in [0.15, 0.2) is 12.7 Å². The lowest BCUT2D eigenvalue weighted by Gasteiger charge is -2.33. The summed E-state index contributed by atoms with van der Waals surface area (Å²) in [5.41, 5.74) is 1.60. The van der Waals surface area contributed by atoms with Crippen molar-refractivity contribution in [3.05, 3.63) is 24.3 Å². The molecule has 0 spiro atoms. The summed E-state index contributed by atoms with van der Waals surface area (Å²) in [6, 6.07) is 0. The van der Waals surface area contributed by atoms with Crippen LogP contribution in [-0.2, 0) is 18.3 Å². The average Bonchev–Trinajstić information content (AvgIpc) is 3.36. The number of rotatable bonds is 4. The van der Waals surface area contributed by atoms with E-state index in [1.54, 1.807) is 12.7 Å². The van der Waals surface area contributed by atoms with Crippen LogP contribution in [0.3, 0.4) is 0 Å². The maximum Gasteiger partial charge on any atom is 0.182 e. The number of morpholine rings is 1. The quantitative estimate of drug-likeness (QED) is 0.703. The van der Waals surface area contributed by atoms with Gasteiger partial charge in [0.15, 0.2) is 11.5 Å². The zero-order valence-corrected chi connectivity index (χ0v) is 16.1. The van der Waals surface area contributed by atoms with E-state index in [9.17, 15) is 0 Å². The smallest absolute Gasteiger partial charge is 0.182 e. The predicted octanol–water partition coefficient (Wildman–Crippen LogP) is 0.698. The van der Waals surface area contributed by atoms with Gasteiger partial charge in [0.05, 0.1) is 26.1 Å². The van der Waals surface area contributed by atoms with Crippen LogP contribution in [0.25, 0.3) is 11.2 Å². The number of piperidine rings is 1. The third-order valence-electron chi connectivity index (χ3n) is 5.76. The second-order valence-electron chi connectivity index (χ2n) is 7.51. The van der Waals surface area contributed by atoms with Crippen molar-refractivity contribution in [1.82, 2.24) is 39.6 Å². The van der Waals surface area contributed by atoms with Gasteiger partial charge in [-0.05, 0) is 12.8 Å². The average molecular weight is 383 g/mol. The molecule has 2 saturated heterocycles. The SMILES string of the molecule is Cn1c(CN2CCOCC2)nnc1[C@@H]1CCCN(c2ncnc3nc[nH]c23)C1. The summed E-state index contributed by atoms with van der Waals surface area (Å²) in [6.45, 7) is 6.16. The Hall–Kier alpha value is -2.59. The minimum atomic E-state index is 0.331. The first-order valence-corrected chi connectivity index (χ1v) is 9.87. The van der Waals surface area contributed by atoms with E-state index in [0.717, 1.165) is 81.8 Å². The highest BCUT2D eigenvalue weighted by molar-refractivity contribution is 5.82. The molecule has 1 atom stereocenters. The van der Waals surface area contributed by atoms with E-state index in [2.05, 4.69) is 51.5 Å². The van der Waals surface area contributed by atoms with Crippen molar-refractivity contribution in [2.24, 2.45) is 7.05 Å². The van der Waals surface area contributed by atoms with Crippen molar-refractivity contribution in [2.75, 3.05) is 44.3 Å². The summed E-state index contributed by atoms with van der Waals surface area (Å²) in [6.07, 6.45) is 5.46. The fourth-order valence-corrected chi connectivity index (χ4v) is 4.20. The molecule has 0 amide bonds. The van der Waals surface area contributed by atoms with Gasteiger partial charge in [-0.25, -0.2) is 15.0 Å². The summed E-state index contributed by atoms with van der Waals surface area (Å²) in [7, 11) is 2.09. The number of hydrogen-bond donors (Lipinski definition) is 1. The Morgan fingerprint density at radius 1 is 1.14 bits per heavy atom. The number of anilines is 1. The standard InChI is InChI=1S/C18H25N9O/c1-25-14(10-26-5-7-28-8-6-26)23-24-17(25)13-3-2-4-27(9-13)18-15-16(20-11-19-15)21-12-22-18/h11-13H,2-10H2,1H3,(H,19,20,21,22)/t13-/m1/s1. The van der Waals surface area contributed by atoms with Gasteiger partial charge < -0.3 is 19.2 Å². The van der Waals surface area contributed by atoms with Crippen LogP contribution in [0, 0.1) is 0 Å². The molecule has 10 heteroatoms. The topological polar surface area (TPSA) is 101 Å². The van der Waals surface area contributed by atoms with Crippen molar-refractivity contribution >= 4 is 17.0 Å². The van der Waals surface area contributed by atoms with E-state index in [4.69, 9.17) is 4.74 Å². The van der Waals surface area contributed by atoms with E-state index >= 15 is 0 Å². The molecule has 0 aliphatic carbocycles. The van der Waals surface area contributed by atoms with Gasteiger partial charge in [0.2, 0.25) is 0 Å². The van der Waals surface area contributed by atoms with Gasteiger partial charge in [0.25, 0.3) is 0 Å². The monoisotopic (exact) mass is 383 g/mol. The molecule has 2 aliphatic heterocycles. The normalized spacial score (nSPS) is 21.5. The highest BCUT2D eigenvalue weighted by atomic mass is 16.5. The molecule has 0 radical (unpaired) electrons. The number of nitrogens with one attached hydrogen (secondary N) is 1. The first kappa shape index (κ1) is 17.5. The molecule has 2 fully saturated rings. The highest BCUT2D eigenvalue weighted by Gasteiger charge is 2.28. The molecule has 148 valence electrons. The summed E-state index contributed by atoms with van der Waals surface area (Å²) >= 11 is 0. The second-order valence-corrected chi connectivity index (χ2v) is 7.51. The van der Waals surface area contributed by atoms with Crippen LogP contribution in [0.4, 0.5) is 5.82 Å². The molecule has 0 saturated carbocycles. The third kappa shape index (κ3) is 3.22. The molecule has 5 heterocycles. The lowest BCUT2D eigenvalue weighted by Crippen LogP contribution is -2.37. The minimum Gasteiger partial charge on any atom is -0.379 e. The van der Waals surface area contributed by atoms with Crippen molar-refractivity contribution in [3.8, 4) is 0 Å². The second kappa shape index (κ2) is 7.44. The van der Waals surface area contributed by atoms with Crippen molar-refractivity contribution < 1.29 is 4.74 Å². The summed E-state index contributed by atoms with van der Waals surface area (Å²) in [4.78, 5) is 20.9. The largest absolute Gasteiger partial charge is 0.379 e.